The molecule has 112 valence electrons. The number of ketones is 1. The van der Waals surface area contributed by atoms with Gasteiger partial charge in [0.1, 0.15) is 5.69 Å². The molecule has 1 N–H and O–H groups in total. The highest BCUT2D eigenvalue weighted by Crippen LogP contribution is 2.26. The standard InChI is InChI=1S/C15H24BrN3O/c1-3-7-19-15(13(16)10-18-19)14(20)8-11(2)12-5-4-6-17-9-12/h10-12,17H,3-9H2,1-2H3. The predicted molar refractivity (Wildman–Crippen MR) is 83.9 cm³/mol. The lowest BCUT2D eigenvalue weighted by molar-refractivity contribution is 0.0931. The number of Topliss-reactive ketones (excluding diaryl/α,β-unsaturated/α-hetero) is 1. The Morgan fingerprint density at radius 1 is 1.65 bits per heavy atom. The van der Waals surface area contributed by atoms with E-state index in [4.69, 9.17) is 0 Å². The normalized spacial score (nSPS) is 20.9. The van der Waals surface area contributed by atoms with Crippen LogP contribution >= 0.6 is 15.9 Å². The Hall–Kier alpha value is -0.680. The van der Waals surface area contributed by atoms with E-state index in [9.17, 15) is 4.79 Å². The van der Waals surface area contributed by atoms with Crippen molar-refractivity contribution in [3.63, 3.8) is 0 Å². The zero-order valence-corrected chi connectivity index (χ0v) is 13.9. The molecule has 0 aliphatic carbocycles. The van der Waals surface area contributed by atoms with Crippen LogP contribution in [0.4, 0.5) is 0 Å². The topological polar surface area (TPSA) is 46.9 Å². The van der Waals surface area contributed by atoms with Crippen LogP contribution in [0.3, 0.4) is 0 Å². The highest BCUT2D eigenvalue weighted by Gasteiger charge is 2.25. The molecule has 1 aliphatic heterocycles. The van der Waals surface area contributed by atoms with Crippen LogP contribution in [0.2, 0.25) is 0 Å². The van der Waals surface area contributed by atoms with Gasteiger partial charge in [0.25, 0.3) is 0 Å². The summed E-state index contributed by atoms with van der Waals surface area (Å²) in [6, 6.07) is 0. The summed E-state index contributed by atoms with van der Waals surface area (Å²) in [6.45, 7) is 7.26. The van der Waals surface area contributed by atoms with Gasteiger partial charge in [-0.25, -0.2) is 0 Å². The molecule has 1 saturated heterocycles. The second-order valence-electron chi connectivity index (χ2n) is 5.78. The van der Waals surface area contributed by atoms with Gasteiger partial charge in [0, 0.05) is 13.0 Å². The lowest BCUT2D eigenvalue weighted by atomic mass is 9.84. The number of piperidine rings is 1. The minimum Gasteiger partial charge on any atom is -0.316 e. The molecule has 0 radical (unpaired) electrons. The summed E-state index contributed by atoms with van der Waals surface area (Å²) in [5, 5.41) is 7.71. The maximum atomic E-state index is 12.6. The molecule has 0 amide bonds. The van der Waals surface area contributed by atoms with E-state index < -0.39 is 0 Å². The SMILES string of the molecule is CCCn1ncc(Br)c1C(=O)CC(C)C1CCCNC1. The van der Waals surface area contributed by atoms with Crippen molar-refractivity contribution in [2.75, 3.05) is 13.1 Å². The van der Waals surface area contributed by atoms with Crippen molar-refractivity contribution in [3.8, 4) is 0 Å². The number of hydrogen-bond acceptors (Lipinski definition) is 3. The van der Waals surface area contributed by atoms with Crippen molar-refractivity contribution in [3.05, 3.63) is 16.4 Å². The second-order valence-corrected chi connectivity index (χ2v) is 6.63. The van der Waals surface area contributed by atoms with E-state index in [0.717, 1.165) is 36.2 Å². The van der Waals surface area contributed by atoms with Crippen LogP contribution in [-0.4, -0.2) is 28.7 Å². The molecule has 0 aromatic carbocycles. The lowest BCUT2D eigenvalue weighted by Gasteiger charge is -2.28. The largest absolute Gasteiger partial charge is 0.316 e. The van der Waals surface area contributed by atoms with Crippen LogP contribution in [0, 0.1) is 11.8 Å². The van der Waals surface area contributed by atoms with Crippen molar-refractivity contribution in [2.24, 2.45) is 11.8 Å². The number of rotatable bonds is 6. The summed E-state index contributed by atoms with van der Waals surface area (Å²) in [6.07, 6.45) is 5.78. The minimum atomic E-state index is 0.209. The Labute approximate surface area is 129 Å². The third kappa shape index (κ3) is 3.70. The van der Waals surface area contributed by atoms with Gasteiger partial charge in [0.15, 0.2) is 5.78 Å². The molecule has 4 nitrogen and oxygen atoms in total. The first-order chi connectivity index (χ1) is 9.63. The zero-order chi connectivity index (χ0) is 14.5. The summed E-state index contributed by atoms with van der Waals surface area (Å²) in [7, 11) is 0. The van der Waals surface area contributed by atoms with E-state index in [2.05, 4.69) is 40.2 Å². The third-order valence-electron chi connectivity index (χ3n) is 4.14. The minimum absolute atomic E-state index is 0.209. The fraction of sp³-hybridized carbons (Fsp3) is 0.733. The first-order valence-electron chi connectivity index (χ1n) is 7.58. The van der Waals surface area contributed by atoms with Gasteiger partial charge in [-0.3, -0.25) is 9.48 Å². The summed E-state index contributed by atoms with van der Waals surface area (Å²) in [5.74, 6) is 1.25. The number of aromatic nitrogens is 2. The summed E-state index contributed by atoms with van der Waals surface area (Å²) in [4.78, 5) is 12.6. The summed E-state index contributed by atoms with van der Waals surface area (Å²) in [5.41, 5.74) is 0.738. The quantitative estimate of drug-likeness (QED) is 0.807. The van der Waals surface area contributed by atoms with E-state index in [1.54, 1.807) is 6.20 Å². The van der Waals surface area contributed by atoms with Crippen LogP contribution in [0.5, 0.6) is 0 Å². The Kier molecular flexibility index (Phi) is 5.78. The second kappa shape index (κ2) is 7.36. The molecule has 1 aliphatic rings. The van der Waals surface area contributed by atoms with Gasteiger partial charge in [0.05, 0.1) is 10.7 Å². The number of carbonyl (C=O) groups is 1. The summed E-state index contributed by atoms with van der Waals surface area (Å²) < 4.78 is 2.66. The maximum Gasteiger partial charge on any atom is 0.182 e. The molecule has 2 heterocycles. The number of nitrogens with zero attached hydrogens (tertiary/aromatic N) is 2. The molecule has 1 aromatic heterocycles. The molecule has 1 fully saturated rings. The van der Waals surface area contributed by atoms with Gasteiger partial charge in [-0.05, 0) is 60.1 Å². The third-order valence-corrected chi connectivity index (χ3v) is 4.72. The Morgan fingerprint density at radius 2 is 2.45 bits per heavy atom. The molecule has 0 bridgehead atoms. The number of aryl methyl sites for hydroxylation is 1. The van der Waals surface area contributed by atoms with Gasteiger partial charge in [-0.15, -0.1) is 0 Å². The van der Waals surface area contributed by atoms with E-state index in [1.807, 2.05) is 4.68 Å². The molecule has 0 saturated carbocycles. The van der Waals surface area contributed by atoms with Gasteiger partial charge in [-0.1, -0.05) is 13.8 Å². The van der Waals surface area contributed by atoms with Crippen LogP contribution in [-0.2, 0) is 6.54 Å². The molecular formula is C15H24BrN3O. The van der Waals surface area contributed by atoms with E-state index >= 15 is 0 Å². The van der Waals surface area contributed by atoms with Crippen molar-refractivity contribution in [2.45, 2.75) is 46.1 Å². The number of nitrogens with one attached hydrogen (secondary N) is 1. The van der Waals surface area contributed by atoms with Crippen molar-refractivity contribution in [1.29, 1.82) is 0 Å². The van der Waals surface area contributed by atoms with Crippen molar-refractivity contribution < 1.29 is 4.79 Å². The van der Waals surface area contributed by atoms with E-state index in [0.29, 0.717) is 18.3 Å². The molecule has 0 spiro atoms. The highest BCUT2D eigenvalue weighted by atomic mass is 79.9. The van der Waals surface area contributed by atoms with Gasteiger partial charge < -0.3 is 5.32 Å². The van der Waals surface area contributed by atoms with E-state index in [1.165, 1.54) is 12.8 Å². The smallest absolute Gasteiger partial charge is 0.182 e. The summed E-state index contributed by atoms with van der Waals surface area (Å²) >= 11 is 3.46. The average Bonchev–Trinajstić information content (AvgIpc) is 2.81. The number of hydrogen-bond donors (Lipinski definition) is 1. The monoisotopic (exact) mass is 341 g/mol. The molecule has 2 atom stereocenters. The lowest BCUT2D eigenvalue weighted by Crippen LogP contribution is -2.34. The maximum absolute atomic E-state index is 12.6. The fourth-order valence-corrected chi connectivity index (χ4v) is 3.46. The van der Waals surface area contributed by atoms with Crippen LogP contribution < -0.4 is 5.32 Å². The van der Waals surface area contributed by atoms with Crippen LogP contribution in [0.1, 0.15) is 50.0 Å². The molecule has 2 rings (SSSR count). The molecule has 1 aromatic rings. The Balaban J connectivity index is 2.02. The zero-order valence-electron chi connectivity index (χ0n) is 12.4. The first kappa shape index (κ1) is 15.7. The molecular weight excluding hydrogens is 318 g/mol. The van der Waals surface area contributed by atoms with Crippen LogP contribution in [0.15, 0.2) is 10.7 Å². The molecule has 2 unspecified atom stereocenters. The fourth-order valence-electron chi connectivity index (χ4n) is 2.94. The highest BCUT2D eigenvalue weighted by molar-refractivity contribution is 9.10. The Morgan fingerprint density at radius 3 is 3.10 bits per heavy atom. The molecule has 20 heavy (non-hydrogen) atoms. The van der Waals surface area contributed by atoms with Gasteiger partial charge >= 0.3 is 0 Å². The van der Waals surface area contributed by atoms with Crippen LogP contribution in [0.25, 0.3) is 0 Å². The van der Waals surface area contributed by atoms with Gasteiger partial charge in [-0.2, -0.15) is 5.10 Å². The average molecular weight is 342 g/mol. The predicted octanol–water partition coefficient (Wildman–Crippen LogP) is 3.26. The van der Waals surface area contributed by atoms with Crippen molar-refractivity contribution >= 4 is 21.7 Å². The van der Waals surface area contributed by atoms with Gasteiger partial charge in [0.2, 0.25) is 0 Å². The first-order valence-corrected chi connectivity index (χ1v) is 8.38. The van der Waals surface area contributed by atoms with Crippen molar-refractivity contribution in [1.82, 2.24) is 15.1 Å². The number of halogens is 1. The number of carbonyl (C=O) groups excluding carboxylic acids is 1. The Bertz CT molecular complexity index is 452. The molecule has 5 heteroatoms. The van der Waals surface area contributed by atoms with E-state index in [-0.39, 0.29) is 5.78 Å².